The van der Waals surface area contributed by atoms with Gasteiger partial charge in [0.2, 0.25) is 6.20 Å². The van der Waals surface area contributed by atoms with E-state index in [1.54, 1.807) is 12.2 Å². The molecule has 0 unspecified atom stereocenters. The van der Waals surface area contributed by atoms with Crippen LogP contribution in [0.15, 0.2) is 80.0 Å². The fraction of sp³-hybridized carbons (Fsp3) is 0.100. The monoisotopic (exact) mass is 305 g/mol. The lowest BCUT2D eigenvalue weighted by molar-refractivity contribution is -0.401. The van der Waals surface area contributed by atoms with Crippen molar-refractivity contribution in [1.82, 2.24) is 0 Å². The van der Waals surface area contributed by atoms with Crippen molar-refractivity contribution in [2.75, 3.05) is 0 Å². The van der Waals surface area contributed by atoms with Crippen LogP contribution in [-0.4, -0.2) is 4.92 Å². The van der Waals surface area contributed by atoms with Crippen LogP contribution < -0.4 is 0 Å². The van der Waals surface area contributed by atoms with Crippen molar-refractivity contribution in [3.63, 3.8) is 0 Å². The van der Waals surface area contributed by atoms with Crippen LogP contribution in [0.2, 0.25) is 0 Å². The van der Waals surface area contributed by atoms with E-state index in [0.717, 1.165) is 28.5 Å². The topological polar surface area (TPSA) is 43.1 Å². The lowest BCUT2D eigenvalue weighted by Gasteiger charge is -2.13. The predicted octanol–water partition coefficient (Wildman–Crippen LogP) is 4.81. The highest BCUT2D eigenvalue weighted by molar-refractivity contribution is 5.82. The molecule has 0 spiro atoms. The first-order chi connectivity index (χ1) is 11.2. The van der Waals surface area contributed by atoms with Gasteiger partial charge in [-0.3, -0.25) is 10.1 Å². The van der Waals surface area contributed by atoms with Gasteiger partial charge in [0.15, 0.2) is 0 Å². The first-order valence-corrected chi connectivity index (χ1v) is 7.41. The molecular formula is C20H19NO2. The molecule has 0 N–H and O–H groups in total. The second-order valence-electron chi connectivity index (χ2n) is 5.13. The maximum Gasteiger partial charge on any atom is 0.242 e. The largest absolute Gasteiger partial charge is 0.259 e. The number of allylic oxidation sites excluding steroid dienone is 2. The first-order valence-electron chi connectivity index (χ1n) is 7.41. The zero-order valence-corrected chi connectivity index (χ0v) is 12.9. The molecule has 0 aromatic heterocycles. The summed E-state index contributed by atoms with van der Waals surface area (Å²) in [5.74, 6) is 0. The van der Waals surface area contributed by atoms with E-state index in [1.807, 2.05) is 48.5 Å². The molecule has 0 aliphatic rings. The SMILES string of the molecule is C=CCc1ccccc1C(=C[N+](=O)[O-])c1ccccc1CC=C. The molecule has 3 heteroatoms. The van der Waals surface area contributed by atoms with Gasteiger partial charge in [0.05, 0.1) is 10.5 Å². The van der Waals surface area contributed by atoms with Gasteiger partial charge in [0.1, 0.15) is 0 Å². The van der Waals surface area contributed by atoms with E-state index < -0.39 is 4.92 Å². The second-order valence-corrected chi connectivity index (χ2v) is 5.13. The molecule has 0 saturated heterocycles. The summed E-state index contributed by atoms with van der Waals surface area (Å²) in [4.78, 5) is 10.8. The van der Waals surface area contributed by atoms with E-state index in [9.17, 15) is 10.1 Å². The smallest absolute Gasteiger partial charge is 0.242 e. The molecule has 0 aliphatic carbocycles. The Morgan fingerprint density at radius 1 is 0.913 bits per heavy atom. The molecule has 23 heavy (non-hydrogen) atoms. The third-order valence-corrected chi connectivity index (χ3v) is 3.58. The third kappa shape index (κ3) is 4.04. The van der Waals surface area contributed by atoms with Gasteiger partial charge in [0, 0.05) is 0 Å². The van der Waals surface area contributed by atoms with Crippen LogP contribution in [0.1, 0.15) is 22.3 Å². The number of nitro groups is 1. The van der Waals surface area contributed by atoms with Crippen molar-refractivity contribution < 1.29 is 4.92 Å². The Hall–Kier alpha value is -2.94. The number of hydrogen-bond donors (Lipinski definition) is 0. The Morgan fingerprint density at radius 3 is 1.74 bits per heavy atom. The normalized spacial score (nSPS) is 9.91. The van der Waals surface area contributed by atoms with E-state index in [0.29, 0.717) is 18.4 Å². The fourth-order valence-electron chi connectivity index (χ4n) is 2.62. The molecule has 0 saturated carbocycles. The summed E-state index contributed by atoms with van der Waals surface area (Å²) in [5.41, 5.74) is 4.37. The molecular weight excluding hydrogens is 286 g/mol. The maximum atomic E-state index is 11.2. The van der Waals surface area contributed by atoms with Crippen LogP contribution in [0, 0.1) is 10.1 Å². The zero-order valence-electron chi connectivity index (χ0n) is 12.9. The Morgan fingerprint density at radius 2 is 1.35 bits per heavy atom. The molecule has 0 heterocycles. The highest BCUT2D eigenvalue weighted by Gasteiger charge is 2.15. The van der Waals surface area contributed by atoms with Gasteiger partial charge in [-0.15, -0.1) is 13.2 Å². The quantitative estimate of drug-likeness (QED) is 0.418. The van der Waals surface area contributed by atoms with Crippen molar-refractivity contribution in [1.29, 1.82) is 0 Å². The van der Waals surface area contributed by atoms with Crippen molar-refractivity contribution in [2.24, 2.45) is 0 Å². The fourth-order valence-corrected chi connectivity index (χ4v) is 2.62. The molecule has 0 radical (unpaired) electrons. The van der Waals surface area contributed by atoms with Crippen LogP contribution >= 0.6 is 0 Å². The lowest BCUT2D eigenvalue weighted by atomic mass is 9.89. The first kappa shape index (κ1) is 16.4. The molecule has 0 atom stereocenters. The molecule has 0 bridgehead atoms. The van der Waals surface area contributed by atoms with E-state index in [1.165, 1.54) is 0 Å². The lowest BCUT2D eigenvalue weighted by Crippen LogP contribution is -2.00. The molecule has 0 fully saturated rings. The minimum absolute atomic E-state index is 0.398. The molecule has 2 aromatic rings. The van der Waals surface area contributed by atoms with Crippen LogP contribution in [0.25, 0.3) is 5.57 Å². The van der Waals surface area contributed by atoms with E-state index in [2.05, 4.69) is 13.2 Å². The number of rotatable bonds is 7. The van der Waals surface area contributed by atoms with Crippen molar-refractivity contribution in [3.05, 3.63) is 112 Å². The van der Waals surface area contributed by atoms with Crippen molar-refractivity contribution in [3.8, 4) is 0 Å². The van der Waals surface area contributed by atoms with Crippen molar-refractivity contribution >= 4 is 5.57 Å². The minimum atomic E-state index is -0.398. The van der Waals surface area contributed by atoms with Gasteiger partial charge in [-0.25, -0.2) is 0 Å². The van der Waals surface area contributed by atoms with Crippen molar-refractivity contribution in [2.45, 2.75) is 12.8 Å². The summed E-state index contributed by atoms with van der Waals surface area (Å²) in [6.07, 6.45) is 6.02. The van der Waals surface area contributed by atoms with Gasteiger partial charge < -0.3 is 0 Å². The summed E-state index contributed by atoms with van der Waals surface area (Å²) >= 11 is 0. The Balaban J connectivity index is 2.67. The average molecular weight is 305 g/mol. The highest BCUT2D eigenvalue weighted by Crippen LogP contribution is 2.29. The zero-order chi connectivity index (χ0) is 16.7. The highest BCUT2D eigenvalue weighted by atomic mass is 16.6. The predicted molar refractivity (Wildman–Crippen MR) is 94.8 cm³/mol. The van der Waals surface area contributed by atoms with Gasteiger partial charge in [-0.1, -0.05) is 60.7 Å². The average Bonchev–Trinajstić information content (AvgIpc) is 2.54. The summed E-state index contributed by atoms with van der Waals surface area (Å²) < 4.78 is 0. The molecule has 2 aromatic carbocycles. The summed E-state index contributed by atoms with van der Waals surface area (Å²) in [6.45, 7) is 7.54. The minimum Gasteiger partial charge on any atom is -0.259 e. The maximum absolute atomic E-state index is 11.2. The second kappa shape index (κ2) is 7.90. The van der Waals surface area contributed by atoms with Crippen LogP contribution in [0.3, 0.4) is 0 Å². The van der Waals surface area contributed by atoms with E-state index in [4.69, 9.17) is 0 Å². The van der Waals surface area contributed by atoms with Crippen LogP contribution in [0.5, 0.6) is 0 Å². The summed E-state index contributed by atoms with van der Waals surface area (Å²) in [5, 5.41) is 11.2. The molecule has 2 rings (SSSR count). The number of benzene rings is 2. The Kier molecular flexibility index (Phi) is 5.64. The summed E-state index contributed by atoms with van der Waals surface area (Å²) in [6, 6.07) is 15.4. The molecule has 3 nitrogen and oxygen atoms in total. The molecule has 116 valence electrons. The van der Waals surface area contributed by atoms with E-state index >= 15 is 0 Å². The third-order valence-electron chi connectivity index (χ3n) is 3.58. The number of hydrogen-bond acceptors (Lipinski definition) is 2. The summed E-state index contributed by atoms with van der Waals surface area (Å²) in [7, 11) is 0. The van der Waals surface area contributed by atoms with Gasteiger partial charge >= 0.3 is 0 Å². The van der Waals surface area contributed by atoms with Gasteiger partial charge in [-0.05, 0) is 35.1 Å². The molecule has 0 aliphatic heterocycles. The molecule has 0 amide bonds. The van der Waals surface area contributed by atoms with Gasteiger partial charge in [0.25, 0.3) is 0 Å². The Bertz CT molecular complexity index is 704. The Labute approximate surface area is 136 Å². The van der Waals surface area contributed by atoms with Gasteiger partial charge in [-0.2, -0.15) is 0 Å². The van der Waals surface area contributed by atoms with Crippen LogP contribution in [0.4, 0.5) is 0 Å². The van der Waals surface area contributed by atoms with Crippen LogP contribution in [-0.2, 0) is 12.8 Å². The number of nitrogens with zero attached hydrogens (tertiary/aromatic N) is 1. The van der Waals surface area contributed by atoms with E-state index in [-0.39, 0.29) is 0 Å². The standard InChI is InChI=1S/C20H19NO2/c1-3-9-16-11-5-7-13-18(16)20(15-21(22)23)19-14-8-6-12-17(19)10-4-2/h3-8,11-15H,1-2,9-10H2.